The van der Waals surface area contributed by atoms with Gasteiger partial charge in [-0.3, -0.25) is 0 Å². The predicted molar refractivity (Wildman–Crippen MR) is 67.1 cm³/mol. The minimum absolute atomic E-state index is 0.0694. The zero-order chi connectivity index (χ0) is 11.5. The van der Waals surface area contributed by atoms with Crippen molar-refractivity contribution >= 4 is 23.2 Å². The van der Waals surface area contributed by atoms with Gasteiger partial charge in [-0.15, -0.1) is 0 Å². The maximum atomic E-state index is 6.15. The standard InChI is InChI=1S/C12H15Cl2NO/c13-10-2-1-3-11(14)9(10)6-12(15)8-4-5-16-7-8/h1-3,8,12H,4-7,15H2. The van der Waals surface area contributed by atoms with Crippen LogP contribution >= 0.6 is 23.2 Å². The van der Waals surface area contributed by atoms with Crippen LogP contribution in [0.3, 0.4) is 0 Å². The number of hydrogen-bond acceptors (Lipinski definition) is 2. The summed E-state index contributed by atoms with van der Waals surface area (Å²) in [6, 6.07) is 5.61. The molecule has 1 heterocycles. The first-order valence-electron chi connectivity index (χ1n) is 5.44. The highest BCUT2D eigenvalue weighted by molar-refractivity contribution is 6.35. The summed E-state index contributed by atoms with van der Waals surface area (Å²) in [4.78, 5) is 0. The van der Waals surface area contributed by atoms with Gasteiger partial charge < -0.3 is 10.5 Å². The van der Waals surface area contributed by atoms with Gasteiger partial charge in [0.25, 0.3) is 0 Å². The molecule has 1 fully saturated rings. The minimum Gasteiger partial charge on any atom is -0.381 e. The summed E-state index contributed by atoms with van der Waals surface area (Å²) in [6.07, 6.45) is 1.75. The number of nitrogens with two attached hydrogens (primary N) is 1. The molecule has 2 nitrogen and oxygen atoms in total. The van der Waals surface area contributed by atoms with E-state index in [9.17, 15) is 0 Å². The van der Waals surface area contributed by atoms with Crippen LogP contribution in [0.15, 0.2) is 18.2 Å². The molecule has 4 heteroatoms. The van der Waals surface area contributed by atoms with E-state index in [-0.39, 0.29) is 6.04 Å². The molecular weight excluding hydrogens is 245 g/mol. The summed E-state index contributed by atoms with van der Waals surface area (Å²) < 4.78 is 5.33. The highest BCUT2D eigenvalue weighted by atomic mass is 35.5. The van der Waals surface area contributed by atoms with Crippen molar-refractivity contribution < 1.29 is 4.74 Å². The van der Waals surface area contributed by atoms with Crippen LogP contribution in [0.2, 0.25) is 10.0 Å². The summed E-state index contributed by atoms with van der Waals surface area (Å²) in [5.74, 6) is 0.423. The van der Waals surface area contributed by atoms with E-state index in [0.29, 0.717) is 22.4 Å². The van der Waals surface area contributed by atoms with E-state index >= 15 is 0 Å². The molecule has 1 saturated heterocycles. The fourth-order valence-electron chi connectivity index (χ4n) is 2.02. The van der Waals surface area contributed by atoms with Gasteiger partial charge in [-0.05, 0) is 36.5 Å². The molecule has 1 aromatic rings. The third-order valence-corrected chi connectivity index (χ3v) is 3.78. The van der Waals surface area contributed by atoms with E-state index in [1.807, 2.05) is 18.2 Å². The second kappa shape index (κ2) is 5.37. The van der Waals surface area contributed by atoms with E-state index in [2.05, 4.69) is 0 Å². The molecule has 0 bridgehead atoms. The van der Waals surface area contributed by atoms with Crippen molar-refractivity contribution in [3.8, 4) is 0 Å². The minimum atomic E-state index is 0.0694. The van der Waals surface area contributed by atoms with Crippen molar-refractivity contribution in [3.63, 3.8) is 0 Å². The van der Waals surface area contributed by atoms with E-state index in [1.54, 1.807) is 0 Å². The molecular formula is C12H15Cl2NO. The smallest absolute Gasteiger partial charge is 0.0510 e. The lowest BCUT2D eigenvalue weighted by atomic mass is 9.94. The molecule has 1 aliphatic rings. The molecule has 0 spiro atoms. The van der Waals surface area contributed by atoms with Crippen LogP contribution in [0.5, 0.6) is 0 Å². The van der Waals surface area contributed by atoms with Gasteiger partial charge in [-0.2, -0.15) is 0 Å². The molecule has 0 amide bonds. The lowest BCUT2D eigenvalue weighted by Gasteiger charge is -2.18. The summed E-state index contributed by atoms with van der Waals surface area (Å²) in [5.41, 5.74) is 7.10. The van der Waals surface area contributed by atoms with Gasteiger partial charge in [-0.25, -0.2) is 0 Å². The molecule has 2 unspecified atom stereocenters. The highest BCUT2D eigenvalue weighted by Crippen LogP contribution is 2.27. The van der Waals surface area contributed by atoms with Crippen molar-refractivity contribution in [2.75, 3.05) is 13.2 Å². The molecule has 0 aliphatic carbocycles. The molecule has 16 heavy (non-hydrogen) atoms. The lowest BCUT2D eigenvalue weighted by molar-refractivity contribution is 0.180. The summed E-state index contributed by atoms with van der Waals surface area (Å²) in [6.45, 7) is 1.57. The monoisotopic (exact) mass is 259 g/mol. The molecule has 0 saturated carbocycles. The maximum Gasteiger partial charge on any atom is 0.0510 e. The Kier molecular flexibility index (Phi) is 4.09. The van der Waals surface area contributed by atoms with Gasteiger partial charge in [0.15, 0.2) is 0 Å². The van der Waals surface area contributed by atoms with Crippen LogP contribution in [-0.2, 0) is 11.2 Å². The number of ether oxygens (including phenoxy) is 1. The molecule has 0 aromatic heterocycles. The third-order valence-electron chi connectivity index (χ3n) is 3.07. The average Bonchev–Trinajstić information content (AvgIpc) is 2.76. The molecule has 2 N–H and O–H groups in total. The third kappa shape index (κ3) is 2.69. The number of rotatable bonds is 3. The summed E-state index contributed by atoms with van der Waals surface area (Å²) in [5, 5.41) is 1.39. The quantitative estimate of drug-likeness (QED) is 0.906. The molecule has 88 valence electrons. The Morgan fingerprint density at radius 1 is 1.38 bits per heavy atom. The second-order valence-electron chi connectivity index (χ2n) is 4.19. The Balaban J connectivity index is 2.07. The lowest BCUT2D eigenvalue weighted by Crippen LogP contribution is -2.32. The van der Waals surface area contributed by atoms with Crippen LogP contribution in [0.1, 0.15) is 12.0 Å². The fourth-order valence-corrected chi connectivity index (χ4v) is 2.57. The van der Waals surface area contributed by atoms with E-state index in [4.69, 9.17) is 33.7 Å². The van der Waals surface area contributed by atoms with Crippen LogP contribution in [0.25, 0.3) is 0 Å². The molecule has 1 aromatic carbocycles. The van der Waals surface area contributed by atoms with E-state index < -0.39 is 0 Å². The highest BCUT2D eigenvalue weighted by Gasteiger charge is 2.24. The normalized spacial score (nSPS) is 22.3. The van der Waals surface area contributed by atoms with Gasteiger partial charge >= 0.3 is 0 Å². The zero-order valence-electron chi connectivity index (χ0n) is 8.96. The topological polar surface area (TPSA) is 35.2 Å². The van der Waals surface area contributed by atoms with E-state index in [1.165, 1.54) is 0 Å². The first kappa shape index (κ1) is 12.2. The first-order chi connectivity index (χ1) is 7.68. The van der Waals surface area contributed by atoms with Gasteiger partial charge in [0.1, 0.15) is 0 Å². The average molecular weight is 260 g/mol. The Morgan fingerprint density at radius 2 is 2.06 bits per heavy atom. The van der Waals surface area contributed by atoms with Crippen molar-refractivity contribution in [2.24, 2.45) is 11.7 Å². The van der Waals surface area contributed by atoms with Crippen LogP contribution in [0, 0.1) is 5.92 Å². The number of hydrogen-bond donors (Lipinski definition) is 1. The predicted octanol–water partition coefficient (Wildman–Crippen LogP) is 2.90. The molecule has 2 atom stereocenters. The Morgan fingerprint density at radius 3 is 2.62 bits per heavy atom. The molecule has 2 rings (SSSR count). The number of benzene rings is 1. The molecule has 0 radical (unpaired) electrons. The van der Waals surface area contributed by atoms with Gasteiger partial charge in [0.05, 0.1) is 6.61 Å². The Hall–Kier alpha value is -0.280. The van der Waals surface area contributed by atoms with Crippen LogP contribution in [0.4, 0.5) is 0 Å². The van der Waals surface area contributed by atoms with Gasteiger partial charge in [-0.1, -0.05) is 29.3 Å². The SMILES string of the molecule is NC(Cc1c(Cl)cccc1Cl)C1CCOC1. The second-order valence-corrected chi connectivity index (χ2v) is 5.01. The van der Waals surface area contributed by atoms with Gasteiger partial charge in [0, 0.05) is 22.7 Å². The van der Waals surface area contributed by atoms with Crippen molar-refractivity contribution in [2.45, 2.75) is 18.9 Å². The Labute approximate surface area is 106 Å². The van der Waals surface area contributed by atoms with Crippen molar-refractivity contribution in [1.82, 2.24) is 0 Å². The number of halogens is 2. The first-order valence-corrected chi connectivity index (χ1v) is 6.20. The van der Waals surface area contributed by atoms with Crippen molar-refractivity contribution in [1.29, 1.82) is 0 Å². The van der Waals surface area contributed by atoms with E-state index in [0.717, 1.165) is 25.2 Å². The molecule has 1 aliphatic heterocycles. The van der Waals surface area contributed by atoms with Gasteiger partial charge in [0.2, 0.25) is 0 Å². The zero-order valence-corrected chi connectivity index (χ0v) is 10.5. The Bertz CT molecular complexity index is 344. The fraction of sp³-hybridized carbons (Fsp3) is 0.500. The van der Waals surface area contributed by atoms with Crippen LogP contribution in [-0.4, -0.2) is 19.3 Å². The largest absolute Gasteiger partial charge is 0.381 e. The maximum absolute atomic E-state index is 6.15. The van der Waals surface area contributed by atoms with Crippen LogP contribution < -0.4 is 5.73 Å². The van der Waals surface area contributed by atoms with Crippen molar-refractivity contribution in [3.05, 3.63) is 33.8 Å². The summed E-state index contributed by atoms with van der Waals surface area (Å²) >= 11 is 12.2. The summed E-state index contributed by atoms with van der Waals surface area (Å²) in [7, 11) is 0.